The molecule has 0 radical (unpaired) electrons. The molecule has 7 atom stereocenters. The van der Waals surface area contributed by atoms with Crippen LogP contribution in [0.15, 0.2) is 0 Å². The minimum Gasteiger partial charge on any atom is -0.469 e. The van der Waals surface area contributed by atoms with Gasteiger partial charge < -0.3 is 28.8 Å². The number of hydrogen-bond donors (Lipinski definition) is 1. The molecule has 4 aliphatic rings. The van der Waals surface area contributed by atoms with Crippen LogP contribution in [0.5, 0.6) is 0 Å². The summed E-state index contributed by atoms with van der Waals surface area (Å²) in [5, 5.41) is 9.44. The number of hydrogen-bond acceptors (Lipinski definition) is 7. The Bertz CT molecular complexity index is 584. The summed E-state index contributed by atoms with van der Waals surface area (Å²) in [6.45, 7) is 2.22. The Balaban J connectivity index is 1.32. The first-order chi connectivity index (χ1) is 14.0. The third-order valence-electron chi connectivity index (χ3n) is 7.23. The molecule has 2 spiro atoms. The van der Waals surface area contributed by atoms with Gasteiger partial charge in [0.1, 0.15) is 0 Å². The second kappa shape index (κ2) is 8.79. The molecule has 4 heterocycles. The molecule has 0 saturated carbocycles. The summed E-state index contributed by atoms with van der Waals surface area (Å²) >= 11 is 0. The van der Waals surface area contributed by atoms with Gasteiger partial charge in [0, 0.05) is 38.0 Å². The second-order valence-electron chi connectivity index (χ2n) is 9.29. The molecule has 0 aromatic heterocycles. The van der Waals surface area contributed by atoms with E-state index in [0.29, 0.717) is 6.42 Å². The van der Waals surface area contributed by atoms with Gasteiger partial charge in [0.25, 0.3) is 0 Å². The largest absolute Gasteiger partial charge is 0.469 e. The van der Waals surface area contributed by atoms with Crippen LogP contribution in [0.4, 0.5) is 0 Å². The first-order valence-electron chi connectivity index (χ1n) is 11.4. The number of carbonyl (C=O) groups excluding carboxylic acids is 1. The zero-order valence-electron chi connectivity index (χ0n) is 17.8. The standard InChI is InChI=1S/C22H36O7/c1-15-12-18-19(13-17(14-23)26-18)28-22(15)11-10-21(29-22)9-5-7-16(27-21)6-3-4-8-20(24)25-2/h15-19,23H,3-14H2,1-2H3/t15-,16+,17+,18-,19-,21-,22+/m1/s1. The van der Waals surface area contributed by atoms with Crippen molar-refractivity contribution in [3.05, 3.63) is 0 Å². The average molecular weight is 413 g/mol. The quantitative estimate of drug-likeness (QED) is 0.530. The number of fused-ring (bicyclic) bond motifs is 1. The summed E-state index contributed by atoms with van der Waals surface area (Å²) in [4.78, 5) is 11.3. The van der Waals surface area contributed by atoms with Crippen LogP contribution >= 0.6 is 0 Å². The van der Waals surface area contributed by atoms with E-state index in [1.54, 1.807) is 0 Å². The number of esters is 1. The minimum atomic E-state index is -0.596. The van der Waals surface area contributed by atoms with E-state index in [1.165, 1.54) is 7.11 Å². The summed E-state index contributed by atoms with van der Waals surface area (Å²) in [6, 6.07) is 0. The average Bonchev–Trinajstić information content (AvgIpc) is 3.27. The van der Waals surface area contributed by atoms with Gasteiger partial charge in [-0.25, -0.2) is 0 Å². The SMILES string of the molecule is COC(=O)CCCC[C@H]1CCC[C@@]2(CC[C@]3(O[C@@H]4C[C@@H](CO)O[C@@H]4C[C@H]3C)O2)O1. The molecule has 0 aliphatic carbocycles. The Hall–Kier alpha value is -0.730. The van der Waals surface area contributed by atoms with Crippen LogP contribution in [-0.2, 0) is 28.5 Å². The molecule has 7 nitrogen and oxygen atoms in total. The number of unbranched alkanes of at least 4 members (excludes halogenated alkanes) is 1. The molecular formula is C22H36O7. The van der Waals surface area contributed by atoms with Gasteiger partial charge in [-0.05, 0) is 32.1 Å². The molecule has 0 amide bonds. The first-order valence-corrected chi connectivity index (χ1v) is 11.4. The highest BCUT2D eigenvalue weighted by atomic mass is 16.8. The maximum Gasteiger partial charge on any atom is 0.305 e. The van der Waals surface area contributed by atoms with Crippen LogP contribution in [0.25, 0.3) is 0 Å². The predicted octanol–water partition coefficient (Wildman–Crippen LogP) is 3.07. The predicted molar refractivity (Wildman–Crippen MR) is 104 cm³/mol. The zero-order valence-corrected chi connectivity index (χ0v) is 17.8. The maximum absolute atomic E-state index is 11.3. The van der Waals surface area contributed by atoms with Crippen molar-refractivity contribution in [1.29, 1.82) is 0 Å². The molecule has 1 N–H and O–H groups in total. The highest BCUT2D eigenvalue weighted by Gasteiger charge is 2.60. The molecule has 0 aromatic carbocycles. The Morgan fingerprint density at radius 2 is 1.97 bits per heavy atom. The maximum atomic E-state index is 11.3. The van der Waals surface area contributed by atoms with Crippen LogP contribution < -0.4 is 0 Å². The fourth-order valence-electron chi connectivity index (χ4n) is 5.59. The fourth-order valence-corrected chi connectivity index (χ4v) is 5.59. The van der Waals surface area contributed by atoms with Gasteiger partial charge in [0.2, 0.25) is 0 Å². The molecule has 0 bridgehead atoms. The highest BCUT2D eigenvalue weighted by molar-refractivity contribution is 5.68. The third kappa shape index (κ3) is 4.49. The van der Waals surface area contributed by atoms with E-state index in [4.69, 9.17) is 23.7 Å². The molecule has 4 rings (SSSR count). The van der Waals surface area contributed by atoms with Gasteiger partial charge in [-0.3, -0.25) is 4.79 Å². The van der Waals surface area contributed by atoms with Crippen molar-refractivity contribution in [2.45, 2.75) is 114 Å². The van der Waals surface area contributed by atoms with Gasteiger partial charge in [-0.2, -0.15) is 0 Å². The molecule has 0 aromatic rings. The summed E-state index contributed by atoms with van der Waals surface area (Å²) in [6.07, 6.45) is 9.69. The lowest BCUT2D eigenvalue weighted by atomic mass is 9.86. The topological polar surface area (TPSA) is 83.5 Å². The molecular weight excluding hydrogens is 376 g/mol. The van der Waals surface area contributed by atoms with Crippen LogP contribution in [-0.4, -0.2) is 60.8 Å². The van der Waals surface area contributed by atoms with E-state index in [1.807, 2.05) is 0 Å². The number of aliphatic hydroxyl groups is 1. The van der Waals surface area contributed by atoms with E-state index in [0.717, 1.165) is 64.2 Å². The van der Waals surface area contributed by atoms with Crippen LogP contribution in [0.1, 0.15) is 77.6 Å². The molecule has 166 valence electrons. The van der Waals surface area contributed by atoms with Crippen LogP contribution in [0, 0.1) is 5.92 Å². The first kappa shape index (κ1) is 21.5. The van der Waals surface area contributed by atoms with E-state index in [9.17, 15) is 9.90 Å². The molecule has 7 heteroatoms. The van der Waals surface area contributed by atoms with Crippen molar-refractivity contribution < 1.29 is 33.6 Å². The molecule has 29 heavy (non-hydrogen) atoms. The monoisotopic (exact) mass is 412 g/mol. The van der Waals surface area contributed by atoms with E-state index in [-0.39, 0.29) is 42.9 Å². The van der Waals surface area contributed by atoms with Crippen molar-refractivity contribution in [2.75, 3.05) is 13.7 Å². The van der Waals surface area contributed by atoms with Crippen molar-refractivity contribution in [2.24, 2.45) is 5.92 Å². The van der Waals surface area contributed by atoms with Gasteiger partial charge in [0.05, 0.1) is 38.1 Å². The van der Waals surface area contributed by atoms with Gasteiger partial charge in [0.15, 0.2) is 11.6 Å². The molecule has 4 fully saturated rings. The third-order valence-corrected chi connectivity index (χ3v) is 7.23. The van der Waals surface area contributed by atoms with Crippen molar-refractivity contribution in [3.63, 3.8) is 0 Å². The van der Waals surface area contributed by atoms with Gasteiger partial charge >= 0.3 is 5.97 Å². The van der Waals surface area contributed by atoms with Gasteiger partial charge in [-0.15, -0.1) is 0 Å². The van der Waals surface area contributed by atoms with Crippen molar-refractivity contribution in [3.8, 4) is 0 Å². The highest BCUT2D eigenvalue weighted by Crippen LogP contribution is 2.53. The Kier molecular flexibility index (Phi) is 6.52. The molecule has 4 saturated heterocycles. The van der Waals surface area contributed by atoms with Crippen molar-refractivity contribution in [1.82, 2.24) is 0 Å². The molecule has 0 unspecified atom stereocenters. The summed E-state index contributed by atoms with van der Waals surface area (Å²) in [5.74, 6) is -1.05. The lowest BCUT2D eigenvalue weighted by Crippen LogP contribution is -2.53. The Morgan fingerprint density at radius 1 is 1.10 bits per heavy atom. The Labute approximate surface area is 173 Å². The number of methoxy groups -OCH3 is 1. The van der Waals surface area contributed by atoms with E-state index >= 15 is 0 Å². The van der Waals surface area contributed by atoms with E-state index < -0.39 is 11.6 Å². The molecule has 4 aliphatic heterocycles. The number of carbonyl (C=O) groups is 1. The van der Waals surface area contributed by atoms with Crippen LogP contribution in [0.2, 0.25) is 0 Å². The zero-order chi connectivity index (χ0) is 20.5. The summed E-state index contributed by atoms with van der Waals surface area (Å²) < 4.78 is 30.3. The van der Waals surface area contributed by atoms with E-state index in [2.05, 4.69) is 6.92 Å². The lowest BCUT2D eigenvalue weighted by molar-refractivity contribution is -0.376. The van der Waals surface area contributed by atoms with Crippen molar-refractivity contribution >= 4 is 5.97 Å². The number of aliphatic hydroxyl groups excluding tert-OH is 1. The summed E-state index contributed by atoms with van der Waals surface area (Å²) in [7, 11) is 1.43. The van der Waals surface area contributed by atoms with Gasteiger partial charge in [-0.1, -0.05) is 13.3 Å². The Morgan fingerprint density at radius 3 is 2.76 bits per heavy atom. The summed E-state index contributed by atoms with van der Waals surface area (Å²) in [5.41, 5.74) is 0. The smallest absolute Gasteiger partial charge is 0.305 e. The number of rotatable bonds is 6. The minimum absolute atomic E-state index is 0.00351. The lowest BCUT2D eigenvalue weighted by Gasteiger charge is -2.46. The normalized spacial score (nSPS) is 44.3. The number of ether oxygens (including phenoxy) is 5. The van der Waals surface area contributed by atoms with Crippen LogP contribution in [0.3, 0.4) is 0 Å². The fraction of sp³-hybridized carbons (Fsp3) is 0.955. The second-order valence-corrected chi connectivity index (χ2v) is 9.29.